The van der Waals surface area contributed by atoms with E-state index in [2.05, 4.69) is 36.0 Å². The van der Waals surface area contributed by atoms with Crippen LogP contribution in [0, 0.1) is 0 Å². The average molecular weight is 349 g/mol. The van der Waals surface area contributed by atoms with Crippen LogP contribution in [-0.4, -0.2) is 74.7 Å². The zero-order valence-electron chi connectivity index (χ0n) is 15.9. The first-order valence-electron chi connectivity index (χ1n) is 8.82. The zero-order valence-corrected chi connectivity index (χ0v) is 15.9. The van der Waals surface area contributed by atoms with Gasteiger partial charge in [-0.25, -0.2) is 0 Å². The van der Waals surface area contributed by atoms with Crippen molar-refractivity contribution in [2.24, 2.45) is 0 Å². The Kier molecular flexibility index (Phi) is 7.23. The van der Waals surface area contributed by atoms with Gasteiger partial charge in [0.2, 0.25) is 5.91 Å². The van der Waals surface area contributed by atoms with Gasteiger partial charge in [-0.05, 0) is 38.6 Å². The highest BCUT2D eigenvalue weighted by molar-refractivity contribution is 5.77. The number of nitrogens with one attached hydrogen (secondary N) is 1. The maximum Gasteiger partial charge on any atom is 0.246 e. The van der Waals surface area contributed by atoms with Crippen molar-refractivity contribution < 1.29 is 14.3 Å². The Labute approximate surface area is 151 Å². The fourth-order valence-electron chi connectivity index (χ4n) is 2.91. The van der Waals surface area contributed by atoms with Crippen LogP contribution in [0.3, 0.4) is 0 Å². The SMILES string of the molecule is COc1cccc(COCC(=O)NCC(C)(C)N2CCN(C)CC2)c1. The predicted molar refractivity (Wildman–Crippen MR) is 98.8 cm³/mol. The number of hydrogen-bond donors (Lipinski definition) is 1. The molecule has 1 heterocycles. The molecule has 0 bridgehead atoms. The summed E-state index contributed by atoms with van der Waals surface area (Å²) in [7, 11) is 3.78. The summed E-state index contributed by atoms with van der Waals surface area (Å²) in [6.07, 6.45) is 0. The van der Waals surface area contributed by atoms with E-state index < -0.39 is 0 Å². The molecule has 0 spiro atoms. The topological polar surface area (TPSA) is 54.0 Å². The van der Waals surface area contributed by atoms with Crippen molar-refractivity contribution in [1.29, 1.82) is 0 Å². The largest absolute Gasteiger partial charge is 0.497 e. The number of piperazine rings is 1. The molecule has 2 rings (SSSR count). The zero-order chi connectivity index (χ0) is 18.3. The summed E-state index contributed by atoms with van der Waals surface area (Å²) in [4.78, 5) is 16.8. The van der Waals surface area contributed by atoms with Crippen molar-refractivity contribution in [3.8, 4) is 5.75 Å². The Hall–Kier alpha value is -1.63. The van der Waals surface area contributed by atoms with E-state index in [1.165, 1.54) is 0 Å². The van der Waals surface area contributed by atoms with Gasteiger partial charge in [-0.15, -0.1) is 0 Å². The number of nitrogens with zero attached hydrogens (tertiary/aromatic N) is 2. The van der Waals surface area contributed by atoms with Gasteiger partial charge in [0.25, 0.3) is 0 Å². The number of benzene rings is 1. The van der Waals surface area contributed by atoms with Crippen LogP contribution in [0.2, 0.25) is 0 Å². The number of hydrogen-bond acceptors (Lipinski definition) is 5. The van der Waals surface area contributed by atoms with E-state index in [0.717, 1.165) is 37.5 Å². The van der Waals surface area contributed by atoms with Gasteiger partial charge in [0, 0.05) is 38.3 Å². The van der Waals surface area contributed by atoms with Gasteiger partial charge >= 0.3 is 0 Å². The number of ether oxygens (including phenoxy) is 2. The van der Waals surface area contributed by atoms with Crippen molar-refractivity contribution in [3.05, 3.63) is 29.8 Å². The molecule has 1 aromatic carbocycles. The van der Waals surface area contributed by atoms with E-state index in [0.29, 0.717) is 13.2 Å². The van der Waals surface area contributed by atoms with Crippen molar-refractivity contribution in [2.45, 2.75) is 26.0 Å². The molecule has 1 amide bonds. The molecule has 0 unspecified atom stereocenters. The maximum absolute atomic E-state index is 12.1. The predicted octanol–water partition coefficient (Wildman–Crippen LogP) is 1.35. The van der Waals surface area contributed by atoms with Gasteiger partial charge in [0.15, 0.2) is 0 Å². The summed E-state index contributed by atoms with van der Waals surface area (Å²) in [5, 5.41) is 3.00. The van der Waals surface area contributed by atoms with E-state index in [4.69, 9.17) is 9.47 Å². The molecular weight excluding hydrogens is 318 g/mol. The van der Waals surface area contributed by atoms with Gasteiger partial charge in [0.05, 0.1) is 13.7 Å². The summed E-state index contributed by atoms with van der Waals surface area (Å²) in [5.41, 5.74) is 0.939. The summed E-state index contributed by atoms with van der Waals surface area (Å²) in [6, 6.07) is 7.66. The standard InChI is InChI=1S/C19H31N3O3/c1-19(2,22-10-8-21(3)9-11-22)15-20-18(23)14-25-13-16-6-5-7-17(12-16)24-4/h5-7,12H,8-11,13-15H2,1-4H3,(H,20,23). The van der Waals surface area contributed by atoms with Crippen molar-refractivity contribution in [1.82, 2.24) is 15.1 Å². The Morgan fingerprint density at radius 3 is 2.64 bits per heavy atom. The van der Waals surface area contributed by atoms with Crippen LogP contribution in [0.4, 0.5) is 0 Å². The third-order valence-electron chi connectivity index (χ3n) is 4.71. The molecule has 1 saturated heterocycles. The molecule has 6 heteroatoms. The highest BCUT2D eigenvalue weighted by atomic mass is 16.5. The Bertz CT molecular complexity index is 555. The summed E-state index contributed by atoms with van der Waals surface area (Å²) < 4.78 is 10.7. The molecule has 1 aliphatic heterocycles. The number of rotatable bonds is 8. The number of amides is 1. The van der Waals surface area contributed by atoms with Crippen LogP contribution < -0.4 is 10.1 Å². The molecule has 140 valence electrons. The van der Waals surface area contributed by atoms with Crippen molar-refractivity contribution in [3.63, 3.8) is 0 Å². The average Bonchev–Trinajstić information content (AvgIpc) is 2.61. The fourth-order valence-corrected chi connectivity index (χ4v) is 2.91. The first kappa shape index (κ1) is 19.7. The number of carbonyl (C=O) groups is 1. The second-order valence-electron chi connectivity index (χ2n) is 7.22. The maximum atomic E-state index is 12.1. The molecule has 0 radical (unpaired) electrons. The molecule has 0 saturated carbocycles. The van der Waals surface area contributed by atoms with Gasteiger partial charge in [-0.1, -0.05) is 12.1 Å². The lowest BCUT2D eigenvalue weighted by Gasteiger charge is -2.43. The second-order valence-corrected chi connectivity index (χ2v) is 7.22. The number of carbonyl (C=O) groups excluding carboxylic acids is 1. The van der Waals surface area contributed by atoms with Gasteiger partial charge in [-0.2, -0.15) is 0 Å². The van der Waals surface area contributed by atoms with Crippen LogP contribution in [0.15, 0.2) is 24.3 Å². The van der Waals surface area contributed by atoms with E-state index in [1.807, 2.05) is 24.3 Å². The molecule has 1 aliphatic rings. The lowest BCUT2D eigenvalue weighted by atomic mass is 10.0. The molecule has 1 fully saturated rings. The number of likely N-dealkylation sites (N-methyl/N-ethyl adjacent to an activating group) is 1. The molecule has 0 aliphatic carbocycles. The van der Waals surface area contributed by atoms with Crippen LogP contribution in [0.5, 0.6) is 5.75 Å². The quantitative estimate of drug-likeness (QED) is 0.768. The Balaban J connectivity index is 1.69. The fraction of sp³-hybridized carbons (Fsp3) is 0.632. The molecular formula is C19H31N3O3. The minimum Gasteiger partial charge on any atom is -0.497 e. The monoisotopic (exact) mass is 349 g/mol. The first-order chi connectivity index (χ1) is 11.9. The lowest BCUT2D eigenvalue weighted by Crippen LogP contribution is -2.58. The molecule has 6 nitrogen and oxygen atoms in total. The first-order valence-corrected chi connectivity index (χ1v) is 8.82. The minimum atomic E-state index is -0.0786. The number of methoxy groups -OCH3 is 1. The molecule has 1 N–H and O–H groups in total. The third-order valence-corrected chi connectivity index (χ3v) is 4.71. The van der Waals surface area contributed by atoms with E-state index in [1.54, 1.807) is 7.11 Å². The Morgan fingerprint density at radius 1 is 1.24 bits per heavy atom. The second kappa shape index (κ2) is 9.17. The van der Waals surface area contributed by atoms with Crippen LogP contribution >= 0.6 is 0 Å². The Morgan fingerprint density at radius 2 is 1.96 bits per heavy atom. The van der Waals surface area contributed by atoms with E-state index in [9.17, 15) is 4.79 Å². The van der Waals surface area contributed by atoms with Crippen LogP contribution in [-0.2, 0) is 16.1 Å². The highest BCUT2D eigenvalue weighted by Crippen LogP contribution is 2.16. The highest BCUT2D eigenvalue weighted by Gasteiger charge is 2.29. The summed E-state index contributed by atoms with van der Waals surface area (Å²) in [5.74, 6) is 0.713. The lowest BCUT2D eigenvalue weighted by molar-refractivity contribution is -0.126. The summed E-state index contributed by atoms with van der Waals surface area (Å²) in [6.45, 7) is 9.64. The van der Waals surface area contributed by atoms with Gasteiger partial charge in [0.1, 0.15) is 12.4 Å². The van der Waals surface area contributed by atoms with Crippen LogP contribution in [0.1, 0.15) is 19.4 Å². The molecule has 0 atom stereocenters. The van der Waals surface area contributed by atoms with Gasteiger partial charge < -0.3 is 19.7 Å². The summed E-state index contributed by atoms with van der Waals surface area (Å²) >= 11 is 0. The van der Waals surface area contributed by atoms with Crippen LogP contribution in [0.25, 0.3) is 0 Å². The van der Waals surface area contributed by atoms with Crippen molar-refractivity contribution in [2.75, 3.05) is 53.5 Å². The van der Waals surface area contributed by atoms with E-state index >= 15 is 0 Å². The smallest absolute Gasteiger partial charge is 0.246 e. The normalized spacial score (nSPS) is 16.6. The molecule has 1 aromatic rings. The van der Waals surface area contributed by atoms with Crippen molar-refractivity contribution >= 4 is 5.91 Å². The molecule has 0 aromatic heterocycles. The van der Waals surface area contributed by atoms with Gasteiger partial charge in [-0.3, -0.25) is 9.69 Å². The molecule has 25 heavy (non-hydrogen) atoms. The third kappa shape index (κ3) is 6.30. The van der Waals surface area contributed by atoms with E-state index in [-0.39, 0.29) is 18.1 Å². The minimum absolute atomic E-state index is 0.0519.